The molecule has 16 heavy (non-hydrogen) atoms. The smallest absolute Gasteiger partial charge is 0.223 e. The molecule has 1 aromatic rings. The van der Waals surface area contributed by atoms with Crippen molar-refractivity contribution in [3.63, 3.8) is 0 Å². The normalized spacial score (nSPS) is 25.3. The Kier molecular flexibility index (Phi) is 3.96. The molecular weight excluding hydrogens is 220 g/mol. The number of rotatable bonds is 3. The molecule has 4 heteroatoms. The summed E-state index contributed by atoms with van der Waals surface area (Å²) in [6.07, 6.45) is 1.91. The Bertz CT molecular complexity index is 337. The van der Waals surface area contributed by atoms with E-state index in [2.05, 4.69) is 23.6 Å². The molecule has 1 fully saturated rings. The van der Waals surface area contributed by atoms with Gasteiger partial charge in [0.05, 0.1) is 6.54 Å². The van der Waals surface area contributed by atoms with Crippen molar-refractivity contribution in [3.05, 3.63) is 22.4 Å². The van der Waals surface area contributed by atoms with Gasteiger partial charge in [-0.3, -0.25) is 4.79 Å². The second-order valence-corrected chi connectivity index (χ2v) is 5.41. The van der Waals surface area contributed by atoms with Crippen molar-refractivity contribution in [1.82, 2.24) is 10.6 Å². The molecule has 0 bridgehead atoms. The first-order chi connectivity index (χ1) is 7.75. The molecule has 1 aliphatic heterocycles. The molecule has 1 amide bonds. The van der Waals surface area contributed by atoms with Gasteiger partial charge in [-0.15, -0.1) is 11.3 Å². The zero-order valence-electron chi connectivity index (χ0n) is 9.53. The topological polar surface area (TPSA) is 41.1 Å². The van der Waals surface area contributed by atoms with Crippen LogP contribution < -0.4 is 10.6 Å². The van der Waals surface area contributed by atoms with E-state index < -0.39 is 0 Å². The first-order valence-electron chi connectivity index (χ1n) is 5.79. The van der Waals surface area contributed by atoms with Crippen LogP contribution >= 0.6 is 11.3 Å². The van der Waals surface area contributed by atoms with Crippen LogP contribution in [0, 0.1) is 5.92 Å². The van der Waals surface area contributed by atoms with Gasteiger partial charge in [-0.05, 0) is 37.8 Å². The largest absolute Gasteiger partial charge is 0.351 e. The van der Waals surface area contributed by atoms with Gasteiger partial charge in [-0.2, -0.15) is 0 Å². The molecule has 0 saturated carbocycles. The Balaban J connectivity index is 1.79. The van der Waals surface area contributed by atoms with Crippen LogP contribution in [0.4, 0.5) is 0 Å². The van der Waals surface area contributed by atoms with Crippen LogP contribution in [0.2, 0.25) is 0 Å². The van der Waals surface area contributed by atoms with Crippen molar-refractivity contribution < 1.29 is 4.79 Å². The molecule has 1 saturated heterocycles. The van der Waals surface area contributed by atoms with Crippen LogP contribution in [0.3, 0.4) is 0 Å². The van der Waals surface area contributed by atoms with Gasteiger partial charge in [0.2, 0.25) is 5.91 Å². The third kappa shape index (κ3) is 3.06. The minimum Gasteiger partial charge on any atom is -0.351 e. The summed E-state index contributed by atoms with van der Waals surface area (Å²) in [7, 11) is 0. The third-order valence-corrected chi connectivity index (χ3v) is 3.89. The molecule has 3 nitrogen and oxygen atoms in total. The highest BCUT2D eigenvalue weighted by molar-refractivity contribution is 7.09. The molecule has 0 aliphatic carbocycles. The molecular formula is C12H18N2OS. The molecule has 1 aromatic heterocycles. The van der Waals surface area contributed by atoms with Crippen molar-refractivity contribution >= 4 is 17.2 Å². The molecule has 0 radical (unpaired) electrons. The van der Waals surface area contributed by atoms with Gasteiger partial charge in [0.15, 0.2) is 0 Å². The lowest BCUT2D eigenvalue weighted by Crippen LogP contribution is -2.42. The van der Waals surface area contributed by atoms with E-state index in [1.807, 2.05) is 11.4 Å². The van der Waals surface area contributed by atoms with E-state index in [-0.39, 0.29) is 11.8 Å². The van der Waals surface area contributed by atoms with Crippen LogP contribution in [0.25, 0.3) is 0 Å². The van der Waals surface area contributed by atoms with Gasteiger partial charge < -0.3 is 10.6 Å². The Labute approximate surface area is 100 Å². The van der Waals surface area contributed by atoms with E-state index in [0.717, 1.165) is 19.4 Å². The highest BCUT2D eigenvalue weighted by Crippen LogP contribution is 2.16. The minimum absolute atomic E-state index is 0.191. The Morgan fingerprint density at radius 3 is 3.25 bits per heavy atom. The van der Waals surface area contributed by atoms with E-state index in [1.165, 1.54) is 4.88 Å². The molecule has 2 atom stereocenters. The first kappa shape index (κ1) is 11.6. The number of hydrogen-bond acceptors (Lipinski definition) is 3. The van der Waals surface area contributed by atoms with E-state index in [9.17, 15) is 4.79 Å². The summed E-state index contributed by atoms with van der Waals surface area (Å²) < 4.78 is 0. The number of amides is 1. The summed E-state index contributed by atoms with van der Waals surface area (Å²) in [5.74, 6) is 0.401. The zero-order valence-corrected chi connectivity index (χ0v) is 10.3. The van der Waals surface area contributed by atoms with Gasteiger partial charge in [-0.1, -0.05) is 6.07 Å². The fraction of sp³-hybridized carbons (Fsp3) is 0.583. The lowest BCUT2D eigenvalue weighted by atomic mass is 9.92. The second kappa shape index (κ2) is 5.46. The van der Waals surface area contributed by atoms with Crippen molar-refractivity contribution in [3.8, 4) is 0 Å². The summed E-state index contributed by atoms with van der Waals surface area (Å²) >= 11 is 1.69. The molecule has 2 heterocycles. The number of carbonyl (C=O) groups is 1. The predicted octanol–water partition coefficient (Wildman–Crippen LogP) is 1.75. The minimum atomic E-state index is 0.191. The van der Waals surface area contributed by atoms with E-state index in [4.69, 9.17) is 0 Å². The number of hydrogen-bond donors (Lipinski definition) is 2. The van der Waals surface area contributed by atoms with Gasteiger partial charge in [0.1, 0.15) is 0 Å². The highest BCUT2D eigenvalue weighted by Gasteiger charge is 2.24. The van der Waals surface area contributed by atoms with E-state index in [1.54, 1.807) is 11.3 Å². The monoisotopic (exact) mass is 238 g/mol. The number of thiophene rings is 1. The maximum Gasteiger partial charge on any atom is 0.223 e. The fourth-order valence-electron chi connectivity index (χ4n) is 2.10. The second-order valence-electron chi connectivity index (χ2n) is 4.37. The predicted molar refractivity (Wildman–Crippen MR) is 66.4 cm³/mol. The van der Waals surface area contributed by atoms with Gasteiger partial charge in [-0.25, -0.2) is 0 Å². The summed E-state index contributed by atoms with van der Waals surface area (Å²) in [6.45, 7) is 3.77. The molecule has 0 aromatic carbocycles. The molecule has 2 rings (SSSR count). The molecule has 0 unspecified atom stereocenters. The van der Waals surface area contributed by atoms with Gasteiger partial charge >= 0.3 is 0 Å². The van der Waals surface area contributed by atoms with Crippen molar-refractivity contribution in [1.29, 1.82) is 0 Å². The lowest BCUT2D eigenvalue weighted by molar-refractivity contribution is -0.126. The van der Waals surface area contributed by atoms with E-state index in [0.29, 0.717) is 12.6 Å². The average Bonchev–Trinajstić information content (AvgIpc) is 2.78. The van der Waals surface area contributed by atoms with Crippen LogP contribution in [-0.2, 0) is 11.3 Å². The van der Waals surface area contributed by atoms with Crippen molar-refractivity contribution in [2.24, 2.45) is 5.92 Å². The summed E-state index contributed by atoms with van der Waals surface area (Å²) in [6, 6.07) is 4.53. The zero-order chi connectivity index (χ0) is 11.4. The summed E-state index contributed by atoms with van der Waals surface area (Å²) in [5, 5.41) is 8.41. The Hall–Kier alpha value is -0.870. The van der Waals surface area contributed by atoms with Gasteiger partial charge in [0.25, 0.3) is 0 Å². The van der Waals surface area contributed by atoms with Crippen LogP contribution in [0.15, 0.2) is 17.5 Å². The Morgan fingerprint density at radius 2 is 2.56 bits per heavy atom. The van der Waals surface area contributed by atoms with Crippen molar-refractivity contribution in [2.45, 2.75) is 32.4 Å². The van der Waals surface area contributed by atoms with Crippen LogP contribution in [-0.4, -0.2) is 18.5 Å². The maximum absolute atomic E-state index is 11.9. The number of nitrogens with one attached hydrogen (secondary N) is 2. The quantitative estimate of drug-likeness (QED) is 0.842. The maximum atomic E-state index is 11.9. The third-order valence-electron chi connectivity index (χ3n) is 3.01. The standard InChI is InChI=1S/C12H18N2OS/c1-9-7-10(4-5-13-9)12(15)14-8-11-3-2-6-16-11/h2-3,6,9-10,13H,4-5,7-8H2,1H3,(H,14,15)/t9-,10-/m0/s1. The Morgan fingerprint density at radius 1 is 1.69 bits per heavy atom. The van der Waals surface area contributed by atoms with Gasteiger partial charge in [0, 0.05) is 16.8 Å². The van der Waals surface area contributed by atoms with Crippen molar-refractivity contribution in [2.75, 3.05) is 6.54 Å². The van der Waals surface area contributed by atoms with Crippen LogP contribution in [0.5, 0.6) is 0 Å². The summed E-state index contributed by atoms with van der Waals surface area (Å²) in [4.78, 5) is 13.1. The summed E-state index contributed by atoms with van der Waals surface area (Å²) in [5.41, 5.74) is 0. The first-order valence-corrected chi connectivity index (χ1v) is 6.67. The fourth-order valence-corrected chi connectivity index (χ4v) is 2.75. The molecule has 0 spiro atoms. The van der Waals surface area contributed by atoms with Crippen LogP contribution in [0.1, 0.15) is 24.6 Å². The molecule has 1 aliphatic rings. The molecule has 88 valence electrons. The average molecular weight is 238 g/mol. The van der Waals surface area contributed by atoms with E-state index >= 15 is 0 Å². The highest BCUT2D eigenvalue weighted by atomic mass is 32.1. The number of piperidine rings is 1. The number of carbonyl (C=O) groups excluding carboxylic acids is 1. The SMILES string of the molecule is C[C@H]1C[C@@H](C(=O)NCc2cccs2)CCN1. The molecule has 2 N–H and O–H groups in total. The lowest BCUT2D eigenvalue weighted by Gasteiger charge is -2.27.